The molecule has 2 saturated carbocycles. The second kappa shape index (κ2) is 10.2. The topological polar surface area (TPSA) is 0 Å². The lowest BCUT2D eigenvalue weighted by Gasteiger charge is -2.57. The summed E-state index contributed by atoms with van der Waals surface area (Å²) < 4.78 is 0. The van der Waals surface area contributed by atoms with Gasteiger partial charge in [-0.2, -0.15) is 0 Å². The predicted octanol–water partition coefficient (Wildman–Crippen LogP) is 8.37. The van der Waals surface area contributed by atoms with Crippen molar-refractivity contribution in [2.45, 2.75) is 72.1 Å². The van der Waals surface area contributed by atoms with Gasteiger partial charge in [0.1, 0.15) is 0 Å². The minimum absolute atomic E-state index is 0.0818. The average Bonchev–Trinajstić information content (AvgIpc) is 2.75. The quantitative estimate of drug-likeness (QED) is 0.259. The van der Waals surface area contributed by atoms with E-state index in [2.05, 4.69) is 71.1 Å². The Labute approximate surface area is 180 Å². The van der Waals surface area contributed by atoms with Gasteiger partial charge in [-0.1, -0.05) is 75.6 Å². The third-order valence-electron chi connectivity index (χ3n) is 7.54. The first-order valence-electron chi connectivity index (χ1n) is 11.4. The summed E-state index contributed by atoms with van der Waals surface area (Å²) in [7, 11) is 0. The van der Waals surface area contributed by atoms with Crippen molar-refractivity contribution >= 4 is 0 Å². The third kappa shape index (κ3) is 4.45. The summed E-state index contributed by atoms with van der Waals surface area (Å²) in [5, 5.41) is 0. The third-order valence-corrected chi connectivity index (χ3v) is 7.54. The monoisotopic (exact) mass is 388 g/mol. The predicted molar refractivity (Wildman–Crippen MR) is 129 cm³/mol. The molecule has 0 heterocycles. The highest BCUT2D eigenvalue weighted by Crippen LogP contribution is 2.63. The van der Waals surface area contributed by atoms with E-state index in [1.807, 2.05) is 18.2 Å². The van der Waals surface area contributed by atoms with Crippen molar-refractivity contribution in [1.82, 2.24) is 0 Å². The summed E-state index contributed by atoms with van der Waals surface area (Å²) in [5.41, 5.74) is 4.77. The van der Waals surface area contributed by atoms with Gasteiger partial charge < -0.3 is 0 Å². The number of hydrogen-bond donors (Lipinski definition) is 0. The van der Waals surface area contributed by atoms with Gasteiger partial charge in [-0.15, -0.1) is 13.2 Å². The van der Waals surface area contributed by atoms with Crippen LogP contribution >= 0.6 is 0 Å². The standard InChI is InChI=1S/C27H36.C2H4/c1-6-11-22(8-3)14-19-27-17-10-9-13-25(27)26(5)18-15-23(12-7-2)21(4)24(26)16-20-27;1-2/h6,8,11-13,21,24H,1,3,7,9-10,15-18,20H2,2,4-5H3;1-2H2/b22-11+,23-12?;. The molecule has 2 fully saturated rings. The van der Waals surface area contributed by atoms with Crippen molar-refractivity contribution in [2.24, 2.45) is 22.7 Å². The van der Waals surface area contributed by atoms with Gasteiger partial charge in [0.15, 0.2) is 0 Å². The van der Waals surface area contributed by atoms with E-state index >= 15 is 0 Å². The summed E-state index contributed by atoms with van der Waals surface area (Å²) in [6, 6.07) is 0. The van der Waals surface area contributed by atoms with E-state index in [9.17, 15) is 0 Å². The molecular formula is C29H40. The van der Waals surface area contributed by atoms with Gasteiger partial charge in [0.05, 0.1) is 5.41 Å². The molecule has 3 aliphatic carbocycles. The number of hydrogen-bond acceptors (Lipinski definition) is 0. The lowest BCUT2D eigenvalue weighted by molar-refractivity contribution is 0.0557. The highest BCUT2D eigenvalue weighted by Gasteiger charge is 2.54. The van der Waals surface area contributed by atoms with E-state index in [4.69, 9.17) is 0 Å². The van der Waals surface area contributed by atoms with E-state index in [-0.39, 0.29) is 5.41 Å². The Bertz CT molecular complexity index is 762. The second-order valence-corrected chi connectivity index (χ2v) is 8.94. The van der Waals surface area contributed by atoms with Gasteiger partial charge in [0, 0.05) is 5.57 Å². The van der Waals surface area contributed by atoms with E-state index in [0.29, 0.717) is 11.3 Å². The average molecular weight is 389 g/mol. The van der Waals surface area contributed by atoms with E-state index in [1.165, 1.54) is 51.4 Å². The number of rotatable bonds is 3. The molecule has 156 valence electrons. The molecule has 3 rings (SSSR count). The maximum atomic E-state index is 3.92. The van der Waals surface area contributed by atoms with Crippen LogP contribution in [-0.2, 0) is 0 Å². The minimum atomic E-state index is 0.0818. The fraction of sp³-hybridized carbons (Fsp3) is 0.517. The molecule has 0 amide bonds. The molecule has 4 atom stereocenters. The molecule has 0 aromatic carbocycles. The van der Waals surface area contributed by atoms with Crippen LogP contribution in [0.15, 0.2) is 73.4 Å². The van der Waals surface area contributed by atoms with Gasteiger partial charge in [0.2, 0.25) is 0 Å². The van der Waals surface area contributed by atoms with Crippen molar-refractivity contribution in [2.75, 3.05) is 0 Å². The van der Waals surface area contributed by atoms with Crippen LogP contribution in [0.1, 0.15) is 72.1 Å². The van der Waals surface area contributed by atoms with Crippen molar-refractivity contribution in [3.8, 4) is 11.8 Å². The van der Waals surface area contributed by atoms with Gasteiger partial charge in [-0.3, -0.25) is 0 Å². The smallest absolute Gasteiger partial charge is 0.0532 e. The van der Waals surface area contributed by atoms with E-state index in [0.717, 1.165) is 11.5 Å². The zero-order chi connectivity index (χ0) is 21.5. The zero-order valence-corrected chi connectivity index (χ0v) is 19.0. The summed E-state index contributed by atoms with van der Waals surface area (Å²) >= 11 is 0. The molecule has 0 aliphatic heterocycles. The van der Waals surface area contributed by atoms with Gasteiger partial charge >= 0.3 is 0 Å². The molecule has 0 spiro atoms. The Morgan fingerprint density at radius 3 is 2.66 bits per heavy atom. The fourth-order valence-electron chi connectivity index (χ4n) is 6.17. The Morgan fingerprint density at radius 2 is 2.00 bits per heavy atom. The Hall–Kier alpha value is -2.00. The van der Waals surface area contributed by atoms with Crippen LogP contribution in [0.5, 0.6) is 0 Å². The van der Waals surface area contributed by atoms with Crippen molar-refractivity contribution in [1.29, 1.82) is 0 Å². The van der Waals surface area contributed by atoms with Crippen LogP contribution in [0.3, 0.4) is 0 Å². The van der Waals surface area contributed by atoms with E-state index < -0.39 is 0 Å². The summed E-state index contributed by atoms with van der Waals surface area (Å²) in [4.78, 5) is 0. The fourth-order valence-corrected chi connectivity index (χ4v) is 6.17. The number of allylic oxidation sites excluding steroid dienone is 8. The lowest BCUT2D eigenvalue weighted by atomic mass is 9.46. The SMILES string of the molecule is C=C.C=C/C=C(/C#CC12CCCC=C1C1(C)CCC(=CCC)C(C)C1CC2)C=C. The second-order valence-electron chi connectivity index (χ2n) is 8.94. The molecule has 0 heteroatoms. The molecule has 0 nitrogen and oxygen atoms in total. The molecule has 0 aromatic heterocycles. The van der Waals surface area contributed by atoms with Crippen molar-refractivity contribution in [3.63, 3.8) is 0 Å². The minimum Gasteiger partial charge on any atom is -0.106 e. The van der Waals surface area contributed by atoms with Crippen LogP contribution < -0.4 is 0 Å². The molecule has 0 N–H and O–H groups in total. The highest BCUT2D eigenvalue weighted by atomic mass is 14.6. The Kier molecular flexibility index (Phi) is 8.15. The Balaban J connectivity index is 0.00000145. The molecule has 0 bridgehead atoms. The zero-order valence-electron chi connectivity index (χ0n) is 19.0. The summed E-state index contributed by atoms with van der Waals surface area (Å²) in [6.45, 7) is 21.0. The maximum absolute atomic E-state index is 3.92. The van der Waals surface area contributed by atoms with Gasteiger partial charge in [-0.05, 0) is 80.3 Å². The highest BCUT2D eigenvalue weighted by molar-refractivity contribution is 5.46. The van der Waals surface area contributed by atoms with Crippen LogP contribution in [-0.4, -0.2) is 0 Å². The summed E-state index contributed by atoms with van der Waals surface area (Å²) in [6.07, 6.45) is 20.7. The first kappa shape index (κ1) is 23.3. The molecule has 3 aliphatic rings. The normalized spacial score (nSPS) is 34.9. The molecule has 0 radical (unpaired) electrons. The van der Waals surface area contributed by atoms with Crippen molar-refractivity contribution in [3.05, 3.63) is 73.4 Å². The van der Waals surface area contributed by atoms with E-state index in [1.54, 1.807) is 11.1 Å². The lowest BCUT2D eigenvalue weighted by Crippen LogP contribution is -2.48. The first-order valence-corrected chi connectivity index (χ1v) is 11.4. The molecule has 29 heavy (non-hydrogen) atoms. The van der Waals surface area contributed by atoms with Gasteiger partial charge in [0.25, 0.3) is 0 Å². The van der Waals surface area contributed by atoms with Crippen LogP contribution in [0, 0.1) is 34.5 Å². The van der Waals surface area contributed by atoms with Gasteiger partial charge in [-0.25, -0.2) is 0 Å². The van der Waals surface area contributed by atoms with Crippen molar-refractivity contribution < 1.29 is 0 Å². The molecular weight excluding hydrogens is 348 g/mol. The first-order chi connectivity index (χ1) is 14.0. The Morgan fingerprint density at radius 1 is 1.24 bits per heavy atom. The maximum Gasteiger partial charge on any atom is 0.0532 e. The van der Waals surface area contributed by atoms with Crippen LogP contribution in [0.2, 0.25) is 0 Å². The molecule has 4 unspecified atom stereocenters. The summed E-state index contributed by atoms with van der Waals surface area (Å²) in [5.74, 6) is 8.69. The molecule has 0 aromatic rings. The van der Waals surface area contributed by atoms with Crippen LogP contribution in [0.4, 0.5) is 0 Å². The largest absolute Gasteiger partial charge is 0.106 e. The van der Waals surface area contributed by atoms with Crippen LogP contribution in [0.25, 0.3) is 0 Å². The molecule has 0 saturated heterocycles. The number of fused-ring (bicyclic) bond motifs is 3.